The van der Waals surface area contributed by atoms with Crippen molar-refractivity contribution >= 4 is 35.0 Å². The quantitative estimate of drug-likeness (QED) is 0.658. The SMILES string of the molecule is Cc1cc(Cl)ccc1OCC(O)Cn1c(C2CC2)nc2ccccc21.Cl. The molecule has 4 nitrogen and oxygen atoms in total. The number of hydrogen-bond acceptors (Lipinski definition) is 3. The van der Waals surface area contributed by atoms with Crippen LogP contribution in [0.15, 0.2) is 42.5 Å². The maximum Gasteiger partial charge on any atom is 0.122 e. The number of aromatic nitrogens is 2. The number of benzene rings is 2. The molecular weight excluding hydrogens is 371 g/mol. The normalized spacial score (nSPS) is 14.9. The second-order valence-electron chi connectivity index (χ2n) is 6.72. The lowest BCUT2D eigenvalue weighted by Crippen LogP contribution is -2.24. The third kappa shape index (κ3) is 3.98. The fraction of sp³-hybridized carbons (Fsp3) is 0.350. The van der Waals surface area contributed by atoms with Crippen LogP contribution in [0.1, 0.15) is 30.1 Å². The monoisotopic (exact) mass is 392 g/mol. The number of halogens is 2. The van der Waals surface area contributed by atoms with E-state index < -0.39 is 6.10 Å². The van der Waals surface area contributed by atoms with E-state index in [-0.39, 0.29) is 19.0 Å². The Hall–Kier alpha value is -1.75. The van der Waals surface area contributed by atoms with E-state index in [2.05, 4.69) is 10.6 Å². The van der Waals surface area contributed by atoms with Gasteiger partial charge in [-0.1, -0.05) is 23.7 Å². The number of aryl methyl sites for hydroxylation is 1. The van der Waals surface area contributed by atoms with Crippen LogP contribution in [-0.2, 0) is 6.54 Å². The molecule has 1 fully saturated rings. The molecule has 4 rings (SSSR count). The third-order valence-corrected chi connectivity index (χ3v) is 4.82. The lowest BCUT2D eigenvalue weighted by molar-refractivity contribution is 0.0924. The number of ether oxygens (including phenoxy) is 1. The molecule has 1 saturated carbocycles. The summed E-state index contributed by atoms with van der Waals surface area (Å²) in [4.78, 5) is 4.77. The molecule has 0 aliphatic heterocycles. The molecule has 0 radical (unpaired) electrons. The molecule has 0 saturated heterocycles. The van der Waals surface area contributed by atoms with Crippen molar-refractivity contribution in [1.82, 2.24) is 9.55 Å². The van der Waals surface area contributed by atoms with Crippen LogP contribution in [0.5, 0.6) is 5.75 Å². The van der Waals surface area contributed by atoms with Gasteiger partial charge in [0.05, 0.1) is 17.6 Å². The van der Waals surface area contributed by atoms with Crippen molar-refractivity contribution in [3.63, 3.8) is 0 Å². The molecule has 0 bridgehead atoms. The highest BCUT2D eigenvalue weighted by Crippen LogP contribution is 2.40. The number of fused-ring (bicyclic) bond motifs is 1. The van der Waals surface area contributed by atoms with Crippen molar-refractivity contribution in [3.8, 4) is 5.75 Å². The van der Waals surface area contributed by atoms with Crippen LogP contribution in [0.2, 0.25) is 5.02 Å². The molecule has 1 unspecified atom stereocenters. The van der Waals surface area contributed by atoms with Gasteiger partial charge in [0.2, 0.25) is 0 Å². The van der Waals surface area contributed by atoms with Crippen molar-refractivity contribution in [2.45, 2.75) is 38.3 Å². The van der Waals surface area contributed by atoms with Gasteiger partial charge in [0, 0.05) is 10.9 Å². The first-order valence-electron chi connectivity index (χ1n) is 8.64. The molecule has 0 spiro atoms. The molecule has 3 aromatic rings. The summed E-state index contributed by atoms with van der Waals surface area (Å²) in [6.45, 7) is 2.67. The molecule has 1 aliphatic carbocycles. The Labute approximate surface area is 164 Å². The molecule has 1 heterocycles. The number of hydrogen-bond donors (Lipinski definition) is 1. The second kappa shape index (κ2) is 7.87. The summed E-state index contributed by atoms with van der Waals surface area (Å²) in [5, 5.41) is 11.2. The Balaban J connectivity index is 0.00000196. The van der Waals surface area contributed by atoms with Gasteiger partial charge in [0.15, 0.2) is 0 Å². The first kappa shape index (κ1) is 19.0. The van der Waals surface area contributed by atoms with E-state index in [0.717, 1.165) is 28.2 Å². The van der Waals surface area contributed by atoms with Crippen molar-refractivity contribution in [1.29, 1.82) is 0 Å². The van der Waals surface area contributed by atoms with Crippen LogP contribution >= 0.6 is 24.0 Å². The van der Waals surface area contributed by atoms with Gasteiger partial charge in [-0.15, -0.1) is 12.4 Å². The van der Waals surface area contributed by atoms with E-state index in [9.17, 15) is 5.11 Å². The number of rotatable bonds is 6. The van der Waals surface area contributed by atoms with Gasteiger partial charge in [0.1, 0.15) is 24.3 Å². The highest BCUT2D eigenvalue weighted by molar-refractivity contribution is 6.30. The third-order valence-electron chi connectivity index (χ3n) is 4.59. The number of imidazole rings is 1. The zero-order valence-corrected chi connectivity index (χ0v) is 16.1. The Morgan fingerprint density at radius 2 is 2.04 bits per heavy atom. The zero-order valence-electron chi connectivity index (χ0n) is 14.6. The molecule has 0 amide bonds. The fourth-order valence-electron chi connectivity index (χ4n) is 3.16. The second-order valence-corrected chi connectivity index (χ2v) is 7.15. The average Bonchev–Trinajstić information content (AvgIpc) is 3.37. The summed E-state index contributed by atoms with van der Waals surface area (Å²) in [7, 11) is 0. The Morgan fingerprint density at radius 3 is 2.77 bits per heavy atom. The fourth-order valence-corrected chi connectivity index (χ4v) is 3.39. The molecule has 26 heavy (non-hydrogen) atoms. The van der Waals surface area contributed by atoms with Crippen LogP contribution < -0.4 is 4.74 Å². The van der Waals surface area contributed by atoms with Gasteiger partial charge in [-0.25, -0.2) is 4.98 Å². The highest BCUT2D eigenvalue weighted by Gasteiger charge is 2.30. The van der Waals surface area contributed by atoms with Crippen LogP contribution in [0.4, 0.5) is 0 Å². The number of aliphatic hydroxyl groups excluding tert-OH is 1. The molecule has 6 heteroatoms. The minimum absolute atomic E-state index is 0. The minimum atomic E-state index is -0.606. The minimum Gasteiger partial charge on any atom is -0.491 e. The van der Waals surface area contributed by atoms with Crippen LogP contribution in [0, 0.1) is 6.92 Å². The maximum atomic E-state index is 10.5. The van der Waals surface area contributed by atoms with Gasteiger partial charge in [-0.05, 0) is 55.7 Å². The predicted molar refractivity (Wildman–Crippen MR) is 107 cm³/mol. The van der Waals surface area contributed by atoms with E-state index in [0.29, 0.717) is 17.5 Å². The standard InChI is InChI=1S/C20H21ClN2O2.ClH/c1-13-10-15(21)8-9-19(13)25-12-16(24)11-23-18-5-3-2-4-17(18)22-20(23)14-6-7-14;/h2-5,8-10,14,16,24H,6-7,11-12H2,1H3;1H. The maximum absolute atomic E-state index is 10.5. The van der Waals surface area contributed by atoms with E-state index >= 15 is 0 Å². The summed E-state index contributed by atoms with van der Waals surface area (Å²) < 4.78 is 7.94. The zero-order chi connectivity index (χ0) is 17.4. The Morgan fingerprint density at radius 1 is 1.27 bits per heavy atom. The largest absolute Gasteiger partial charge is 0.491 e. The number of nitrogens with zero attached hydrogens (tertiary/aromatic N) is 2. The first-order valence-corrected chi connectivity index (χ1v) is 9.02. The first-order chi connectivity index (χ1) is 12.1. The van der Waals surface area contributed by atoms with Gasteiger partial charge in [-0.3, -0.25) is 0 Å². The van der Waals surface area contributed by atoms with Crippen molar-refractivity contribution in [2.24, 2.45) is 0 Å². The van der Waals surface area contributed by atoms with Crippen LogP contribution in [0.3, 0.4) is 0 Å². The molecule has 1 N–H and O–H groups in total. The predicted octanol–water partition coefficient (Wildman–Crippen LogP) is 4.74. The van der Waals surface area contributed by atoms with E-state index in [1.54, 1.807) is 6.07 Å². The van der Waals surface area contributed by atoms with Gasteiger partial charge < -0.3 is 14.4 Å². The topological polar surface area (TPSA) is 47.3 Å². The Kier molecular flexibility index (Phi) is 5.76. The summed E-state index contributed by atoms with van der Waals surface area (Å²) in [5.74, 6) is 2.36. The lowest BCUT2D eigenvalue weighted by atomic mass is 10.2. The molecular formula is C20H22Cl2N2O2. The molecule has 1 aliphatic rings. The summed E-state index contributed by atoms with van der Waals surface area (Å²) in [6, 6.07) is 13.6. The van der Waals surface area contributed by atoms with Gasteiger partial charge in [0.25, 0.3) is 0 Å². The lowest BCUT2D eigenvalue weighted by Gasteiger charge is -2.16. The highest BCUT2D eigenvalue weighted by atomic mass is 35.5. The molecule has 1 aromatic heterocycles. The van der Waals surface area contributed by atoms with Crippen molar-refractivity contribution in [3.05, 3.63) is 58.9 Å². The van der Waals surface area contributed by atoms with Crippen LogP contribution in [0.25, 0.3) is 11.0 Å². The average molecular weight is 393 g/mol. The van der Waals surface area contributed by atoms with E-state index in [1.165, 1.54) is 12.8 Å². The van der Waals surface area contributed by atoms with E-state index in [4.69, 9.17) is 21.3 Å². The summed E-state index contributed by atoms with van der Waals surface area (Å²) in [5.41, 5.74) is 3.03. The van der Waals surface area contributed by atoms with Crippen molar-refractivity contribution in [2.75, 3.05) is 6.61 Å². The van der Waals surface area contributed by atoms with E-state index in [1.807, 2.05) is 37.3 Å². The van der Waals surface area contributed by atoms with Crippen molar-refractivity contribution < 1.29 is 9.84 Å². The van der Waals surface area contributed by atoms with Gasteiger partial charge >= 0.3 is 0 Å². The van der Waals surface area contributed by atoms with Gasteiger partial charge in [-0.2, -0.15) is 0 Å². The van der Waals surface area contributed by atoms with Crippen LogP contribution in [-0.4, -0.2) is 27.4 Å². The molecule has 1 atom stereocenters. The summed E-state index contributed by atoms with van der Waals surface area (Å²) in [6.07, 6.45) is 1.75. The molecule has 138 valence electrons. The Bertz CT molecular complexity index is 906. The smallest absolute Gasteiger partial charge is 0.122 e. The summed E-state index contributed by atoms with van der Waals surface area (Å²) >= 11 is 5.97. The molecule has 2 aromatic carbocycles. The number of aliphatic hydroxyl groups is 1. The number of para-hydroxylation sites is 2.